The molecule has 1 heterocycles. The molecule has 4 fully saturated rings. The van der Waals surface area contributed by atoms with Gasteiger partial charge in [0.05, 0.1) is 0 Å². The Hall–Kier alpha value is -2.13. The zero-order valence-electron chi connectivity index (χ0n) is 18.0. The lowest BCUT2D eigenvalue weighted by Gasteiger charge is -2.62. The van der Waals surface area contributed by atoms with E-state index in [2.05, 4.69) is 65.6 Å². The fraction of sp³-hybridized carbons (Fsp3) is 0.519. The van der Waals surface area contributed by atoms with Gasteiger partial charge in [0.15, 0.2) is 0 Å². The average Bonchev–Trinajstić information content (AvgIpc) is 2.80. The van der Waals surface area contributed by atoms with Crippen LogP contribution in [0.2, 0.25) is 0 Å². The number of nitrogens with zero attached hydrogens (tertiary/aromatic N) is 1. The number of benzene rings is 2. The molecule has 3 saturated carbocycles. The third kappa shape index (κ3) is 3.58. The predicted octanol–water partition coefficient (Wildman–Crippen LogP) is 5.52. The number of carbonyl (C=O) groups is 1. The average molecular weight is 404 g/mol. The lowest BCUT2D eigenvalue weighted by molar-refractivity contribution is -0.167. The molecule has 2 bridgehead atoms. The summed E-state index contributed by atoms with van der Waals surface area (Å²) in [5.74, 6) is 1.04. The maximum Gasteiger partial charge on any atom is 0.302 e. The molecule has 1 aliphatic heterocycles. The number of hydrogen-bond donors (Lipinski definition) is 0. The lowest BCUT2D eigenvalue weighted by atomic mass is 9.51. The van der Waals surface area contributed by atoms with E-state index in [-0.39, 0.29) is 17.6 Å². The second-order valence-corrected chi connectivity index (χ2v) is 9.64. The van der Waals surface area contributed by atoms with Gasteiger partial charge < -0.3 is 4.74 Å². The van der Waals surface area contributed by atoms with E-state index in [1.165, 1.54) is 56.3 Å². The molecule has 2 aromatic carbocycles. The third-order valence-electron chi connectivity index (χ3n) is 7.94. The topological polar surface area (TPSA) is 29.5 Å². The first-order valence-electron chi connectivity index (χ1n) is 11.7. The van der Waals surface area contributed by atoms with Gasteiger partial charge in [0.1, 0.15) is 6.10 Å². The van der Waals surface area contributed by atoms with Crippen molar-refractivity contribution in [3.63, 3.8) is 0 Å². The van der Waals surface area contributed by atoms with Crippen molar-refractivity contribution in [1.29, 1.82) is 0 Å². The minimum atomic E-state index is -0.139. The molecule has 3 atom stereocenters. The molecule has 158 valence electrons. The van der Waals surface area contributed by atoms with Crippen molar-refractivity contribution in [1.82, 2.24) is 4.90 Å². The molecule has 3 heteroatoms. The van der Waals surface area contributed by atoms with Crippen LogP contribution in [0.3, 0.4) is 0 Å². The Balaban J connectivity index is 1.61. The molecular weight excluding hydrogens is 370 g/mol. The first-order valence-corrected chi connectivity index (χ1v) is 11.7. The summed E-state index contributed by atoms with van der Waals surface area (Å²) in [6.07, 6.45) is 7.26. The Bertz CT molecular complexity index is 809. The Morgan fingerprint density at radius 2 is 1.37 bits per heavy atom. The van der Waals surface area contributed by atoms with E-state index in [0.717, 1.165) is 6.42 Å². The minimum absolute atomic E-state index is 0.0117. The second kappa shape index (κ2) is 8.19. The van der Waals surface area contributed by atoms with E-state index in [9.17, 15) is 4.79 Å². The van der Waals surface area contributed by atoms with Crippen LogP contribution >= 0.6 is 0 Å². The fourth-order valence-corrected chi connectivity index (χ4v) is 6.82. The Morgan fingerprint density at radius 1 is 0.833 bits per heavy atom. The quantitative estimate of drug-likeness (QED) is 0.629. The summed E-state index contributed by atoms with van der Waals surface area (Å²) in [5, 5.41) is 0. The van der Waals surface area contributed by atoms with Crippen LogP contribution in [0.1, 0.15) is 68.4 Å². The van der Waals surface area contributed by atoms with Gasteiger partial charge >= 0.3 is 5.97 Å². The van der Waals surface area contributed by atoms with E-state index in [1.807, 2.05) is 0 Å². The van der Waals surface area contributed by atoms with Gasteiger partial charge in [-0.1, -0.05) is 67.1 Å². The van der Waals surface area contributed by atoms with Gasteiger partial charge in [0.25, 0.3) is 0 Å². The van der Waals surface area contributed by atoms with Crippen LogP contribution in [-0.2, 0) is 9.53 Å². The van der Waals surface area contributed by atoms with E-state index >= 15 is 0 Å². The first-order chi connectivity index (χ1) is 14.7. The summed E-state index contributed by atoms with van der Waals surface area (Å²) in [6.45, 7) is 3.94. The number of likely N-dealkylation sites (tertiary alicyclic amines) is 1. The second-order valence-electron chi connectivity index (χ2n) is 9.64. The van der Waals surface area contributed by atoms with Gasteiger partial charge in [-0.05, 0) is 61.7 Å². The normalized spacial score (nSPS) is 33.9. The summed E-state index contributed by atoms with van der Waals surface area (Å²) in [5.41, 5.74) is 2.93. The molecule has 0 radical (unpaired) electrons. The van der Waals surface area contributed by atoms with Crippen LogP contribution in [0.4, 0.5) is 0 Å². The molecular formula is C27H33NO2. The highest BCUT2D eigenvalue weighted by molar-refractivity contribution is 5.66. The van der Waals surface area contributed by atoms with Crippen molar-refractivity contribution in [3.8, 4) is 0 Å². The number of carbonyl (C=O) groups excluding carboxylic acids is 1. The molecule has 0 spiro atoms. The summed E-state index contributed by atoms with van der Waals surface area (Å²) in [6, 6.07) is 21.9. The molecule has 3 nitrogen and oxygen atoms in total. The highest BCUT2D eigenvalue weighted by Gasteiger charge is 2.59. The van der Waals surface area contributed by atoms with Crippen molar-refractivity contribution < 1.29 is 9.53 Å². The number of fused-ring (bicyclic) bond motifs is 3. The Kier molecular flexibility index (Phi) is 5.41. The van der Waals surface area contributed by atoms with Crippen LogP contribution in [0, 0.1) is 5.92 Å². The third-order valence-corrected chi connectivity index (χ3v) is 7.94. The van der Waals surface area contributed by atoms with Gasteiger partial charge in [0, 0.05) is 24.8 Å². The van der Waals surface area contributed by atoms with Crippen LogP contribution in [-0.4, -0.2) is 35.6 Å². The van der Waals surface area contributed by atoms with Crippen molar-refractivity contribution >= 4 is 5.97 Å². The molecule has 0 amide bonds. The van der Waals surface area contributed by atoms with Crippen LogP contribution in [0.25, 0.3) is 0 Å². The largest absolute Gasteiger partial charge is 0.462 e. The Morgan fingerprint density at radius 3 is 1.87 bits per heavy atom. The highest BCUT2D eigenvalue weighted by atomic mass is 16.5. The maximum atomic E-state index is 12.1. The molecule has 2 aromatic rings. The van der Waals surface area contributed by atoms with E-state index < -0.39 is 0 Å². The maximum absolute atomic E-state index is 12.1. The van der Waals surface area contributed by atoms with Crippen LogP contribution in [0.15, 0.2) is 60.7 Å². The van der Waals surface area contributed by atoms with Gasteiger partial charge in [-0.2, -0.15) is 0 Å². The number of ether oxygens (including phenoxy) is 1. The molecule has 1 unspecified atom stereocenters. The summed E-state index contributed by atoms with van der Waals surface area (Å²) < 4.78 is 6.08. The zero-order chi connectivity index (χ0) is 20.6. The van der Waals surface area contributed by atoms with Crippen molar-refractivity contribution in [2.75, 3.05) is 13.1 Å². The summed E-state index contributed by atoms with van der Waals surface area (Å²) >= 11 is 0. The van der Waals surface area contributed by atoms with Crippen molar-refractivity contribution in [3.05, 3.63) is 71.8 Å². The number of rotatable bonds is 4. The van der Waals surface area contributed by atoms with E-state index in [0.29, 0.717) is 17.8 Å². The zero-order valence-corrected chi connectivity index (χ0v) is 18.0. The smallest absolute Gasteiger partial charge is 0.302 e. The predicted molar refractivity (Wildman–Crippen MR) is 119 cm³/mol. The molecule has 0 N–H and O–H groups in total. The van der Waals surface area contributed by atoms with Gasteiger partial charge in [-0.3, -0.25) is 9.69 Å². The lowest BCUT2D eigenvalue weighted by Crippen LogP contribution is -2.64. The fourth-order valence-electron chi connectivity index (χ4n) is 6.82. The van der Waals surface area contributed by atoms with E-state index in [4.69, 9.17) is 4.74 Å². The minimum Gasteiger partial charge on any atom is -0.462 e. The molecule has 0 aromatic heterocycles. The molecule has 3 aliphatic carbocycles. The molecule has 30 heavy (non-hydrogen) atoms. The van der Waals surface area contributed by atoms with Gasteiger partial charge in [0.2, 0.25) is 0 Å². The van der Waals surface area contributed by atoms with Crippen molar-refractivity contribution in [2.24, 2.45) is 5.92 Å². The SMILES string of the molecule is CC(=O)OC1CC2(N3CCCCC3)C[C@@H](c3ccccc3)C1[C@H](c1ccccc1)C2. The molecule has 1 saturated heterocycles. The number of piperidine rings is 1. The highest BCUT2D eigenvalue weighted by Crippen LogP contribution is 2.60. The standard InChI is InChI=1S/C27H33NO2/c1-20(29)30-25-19-27(28-15-9-4-10-16-28)17-23(21-11-5-2-6-12-21)26(25)24(18-27)22-13-7-3-8-14-22/h2-3,5-8,11-14,23-26H,4,9-10,15-19H2,1H3/t23-,24-,25?,26?,27?/m0/s1. The van der Waals surface area contributed by atoms with Gasteiger partial charge in [-0.25, -0.2) is 0 Å². The van der Waals surface area contributed by atoms with Crippen LogP contribution < -0.4 is 0 Å². The van der Waals surface area contributed by atoms with Crippen molar-refractivity contribution in [2.45, 2.75) is 68.9 Å². The molecule has 4 aliphatic rings. The Labute approximate surface area is 180 Å². The first kappa shape index (κ1) is 19.8. The van der Waals surface area contributed by atoms with Crippen LogP contribution in [0.5, 0.6) is 0 Å². The number of esters is 1. The monoisotopic (exact) mass is 403 g/mol. The summed E-state index contributed by atoms with van der Waals surface area (Å²) in [7, 11) is 0. The summed E-state index contributed by atoms with van der Waals surface area (Å²) in [4.78, 5) is 14.9. The van der Waals surface area contributed by atoms with E-state index in [1.54, 1.807) is 6.92 Å². The van der Waals surface area contributed by atoms with Gasteiger partial charge in [-0.15, -0.1) is 0 Å². The molecule has 6 rings (SSSR count). The number of hydrogen-bond acceptors (Lipinski definition) is 3.